The molecule has 0 amide bonds. The molecule has 1 aromatic rings. The van der Waals surface area contributed by atoms with Crippen molar-refractivity contribution in [1.29, 1.82) is 0 Å². The van der Waals surface area contributed by atoms with Gasteiger partial charge in [-0.3, -0.25) is 0 Å². The smallest absolute Gasteiger partial charge is 0.0914 e. The lowest BCUT2D eigenvalue weighted by molar-refractivity contribution is 0.317. The van der Waals surface area contributed by atoms with E-state index in [2.05, 4.69) is 5.16 Å². The third-order valence-electron chi connectivity index (χ3n) is 1.81. The summed E-state index contributed by atoms with van der Waals surface area (Å²) in [5.74, 6) is 0. The van der Waals surface area contributed by atoms with Crippen LogP contribution in [0.4, 0.5) is 0 Å². The number of nitrogens with zero attached hydrogens (tertiary/aromatic N) is 1. The largest absolute Gasteiger partial charge is 0.411 e. The van der Waals surface area contributed by atoms with E-state index in [1.165, 1.54) is 5.56 Å². The third kappa shape index (κ3) is 0.559. The van der Waals surface area contributed by atoms with Crippen molar-refractivity contribution in [3.63, 3.8) is 0 Å². The molecule has 0 bridgehead atoms. The van der Waals surface area contributed by atoms with E-state index in [0.717, 1.165) is 17.7 Å². The third-order valence-corrected chi connectivity index (χ3v) is 1.81. The van der Waals surface area contributed by atoms with Crippen LogP contribution in [0.1, 0.15) is 11.1 Å². The molecule has 0 heterocycles. The molecule has 2 heteroatoms. The number of benzene rings is 1. The van der Waals surface area contributed by atoms with Crippen molar-refractivity contribution >= 4 is 5.71 Å². The zero-order valence-electron chi connectivity index (χ0n) is 5.41. The van der Waals surface area contributed by atoms with Gasteiger partial charge in [-0.05, 0) is 5.56 Å². The molecule has 0 aromatic heterocycles. The molecule has 50 valence electrons. The molecule has 0 atom stereocenters. The average molecular weight is 133 g/mol. The van der Waals surface area contributed by atoms with E-state index < -0.39 is 0 Å². The van der Waals surface area contributed by atoms with Gasteiger partial charge >= 0.3 is 0 Å². The molecule has 0 radical (unpaired) electrons. The maximum atomic E-state index is 8.42. The minimum atomic E-state index is 0.801. The Morgan fingerprint density at radius 3 is 2.80 bits per heavy atom. The Hall–Kier alpha value is -1.31. The van der Waals surface area contributed by atoms with Gasteiger partial charge in [-0.25, -0.2) is 0 Å². The van der Waals surface area contributed by atoms with Crippen LogP contribution in [-0.2, 0) is 6.42 Å². The van der Waals surface area contributed by atoms with Crippen LogP contribution in [0.2, 0.25) is 0 Å². The summed E-state index contributed by atoms with van der Waals surface area (Å²) in [5, 5.41) is 11.6. The van der Waals surface area contributed by atoms with Gasteiger partial charge in [0, 0.05) is 12.0 Å². The molecule has 0 unspecified atom stereocenters. The van der Waals surface area contributed by atoms with Gasteiger partial charge in [-0.1, -0.05) is 29.4 Å². The minimum Gasteiger partial charge on any atom is -0.411 e. The van der Waals surface area contributed by atoms with E-state index in [9.17, 15) is 0 Å². The van der Waals surface area contributed by atoms with Crippen LogP contribution < -0.4 is 0 Å². The fourth-order valence-corrected chi connectivity index (χ4v) is 1.21. The molecule has 0 spiro atoms. The van der Waals surface area contributed by atoms with Crippen LogP contribution >= 0.6 is 0 Å². The Balaban J connectivity index is 2.53. The molecule has 0 saturated heterocycles. The van der Waals surface area contributed by atoms with Crippen molar-refractivity contribution in [3.8, 4) is 0 Å². The fourth-order valence-electron chi connectivity index (χ4n) is 1.21. The van der Waals surface area contributed by atoms with Crippen molar-refractivity contribution < 1.29 is 5.21 Å². The van der Waals surface area contributed by atoms with Gasteiger partial charge < -0.3 is 5.21 Å². The Labute approximate surface area is 58.8 Å². The minimum absolute atomic E-state index is 0.801. The predicted molar refractivity (Wildman–Crippen MR) is 38.5 cm³/mol. The van der Waals surface area contributed by atoms with Crippen LogP contribution in [0.25, 0.3) is 0 Å². The van der Waals surface area contributed by atoms with Crippen LogP contribution in [0.15, 0.2) is 29.4 Å². The Kier molecular flexibility index (Phi) is 1.01. The molecule has 0 fully saturated rings. The van der Waals surface area contributed by atoms with E-state index in [0.29, 0.717) is 0 Å². The van der Waals surface area contributed by atoms with E-state index in [1.807, 2.05) is 24.3 Å². The highest BCUT2D eigenvalue weighted by Gasteiger charge is 2.19. The van der Waals surface area contributed by atoms with Crippen molar-refractivity contribution in [1.82, 2.24) is 0 Å². The first-order valence-electron chi connectivity index (χ1n) is 3.21. The fraction of sp³-hybridized carbons (Fsp3) is 0.125. The van der Waals surface area contributed by atoms with Gasteiger partial charge in [-0.15, -0.1) is 0 Å². The first kappa shape index (κ1) is 5.47. The molecule has 2 rings (SSSR count). The Morgan fingerprint density at radius 2 is 2.10 bits per heavy atom. The molecule has 1 aromatic carbocycles. The van der Waals surface area contributed by atoms with Crippen molar-refractivity contribution in [3.05, 3.63) is 35.4 Å². The zero-order valence-corrected chi connectivity index (χ0v) is 5.41. The zero-order chi connectivity index (χ0) is 6.97. The molecular formula is C8H7NO. The molecule has 2 nitrogen and oxygen atoms in total. The van der Waals surface area contributed by atoms with Crippen molar-refractivity contribution in [2.45, 2.75) is 6.42 Å². The highest BCUT2D eigenvalue weighted by atomic mass is 16.4. The van der Waals surface area contributed by atoms with Gasteiger partial charge in [-0.2, -0.15) is 0 Å². The van der Waals surface area contributed by atoms with Gasteiger partial charge in [0.1, 0.15) is 0 Å². The normalized spacial score (nSPS) is 18.2. The lowest BCUT2D eigenvalue weighted by atomic mass is 9.87. The number of oxime groups is 1. The summed E-state index contributed by atoms with van der Waals surface area (Å²) in [6.45, 7) is 0. The number of hydrogen-bond donors (Lipinski definition) is 1. The van der Waals surface area contributed by atoms with Crippen LogP contribution in [-0.4, -0.2) is 10.9 Å². The summed E-state index contributed by atoms with van der Waals surface area (Å²) in [4.78, 5) is 0. The van der Waals surface area contributed by atoms with E-state index in [4.69, 9.17) is 5.21 Å². The van der Waals surface area contributed by atoms with Crippen LogP contribution in [0, 0.1) is 0 Å². The summed E-state index contributed by atoms with van der Waals surface area (Å²) in [6.07, 6.45) is 0.812. The molecule has 1 aliphatic rings. The maximum absolute atomic E-state index is 8.42. The summed E-state index contributed by atoms with van der Waals surface area (Å²) in [7, 11) is 0. The molecule has 1 aliphatic carbocycles. The standard InChI is InChI=1S/C8H7NO/c10-9-8-5-6-3-1-2-4-7(6)8/h1-4,10H,5H2. The Morgan fingerprint density at radius 1 is 1.30 bits per heavy atom. The lowest BCUT2D eigenvalue weighted by Crippen LogP contribution is -2.19. The number of rotatable bonds is 0. The highest BCUT2D eigenvalue weighted by Crippen LogP contribution is 2.22. The second-order valence-corrected chi connectivity index (χ2v) is 2.38. The van der Waals surface area contributed by atoms with E-state index in [1.54, 1.807) is 0 Å². The first-order valence-corrected chi connectivity index (χ1v) is 3.21. The van der Waals surface area contributed by atoms with Crippen molar-refractivity contribution in [2.24, 2.45) is 5.16 Å². The topological polar surface area (TPSA) is 32.6 Å². The second kappa shape index (κ2) is 1.84. The SMILES string of the molecule is ON=C1Cc2ccccc21. The van der Waals surface area contributed by atoms with Gasteiger partial charge in [0.05, 0.1) is 5.71 Å². The quantitative estimate of drug-likeness (QED) is 0.421. The number of fused-ring (bicyclic) bond motifs is 1. The van der Waals surface area contributed by atoms with Gasteiger partial charge in [0.25, 0.3) is 0 Å². The van der Waals surface area contributed by atoms with Crippen LogP contribution in [0.3, 0.4) is 0 Å². The van der Waals surface area contributed by atoms with Gasteiger partial charge in [0.2, 0.25) is 0 Å². The van der Waals surface area contributed by atoms with E-state index >= 15 is 0 Å². The molecule has 1 N–H and O–H groups in total. The summed E-state index contributed by atoms with van der Waals surface area (Å²) in [6, 6.07) is 7.95. The monoisotopic (exact) mass is 133 g/mol. The maximum Gasteiger partial charge on any atom is 0.0914 e. The average Bonchev–Trinajstić information content (AvgIpc) is 1.92. The lowest BCUT2D eigenvalue weighted by Gasteiger charge is -2.18. The molecular weight excluding hydrogens is 126 g/mol. The van der Waals surface area contributed by atoms with Gasteiger partial charge in [0.15, 0.2) is 0 Å². The summed E-state index contributed by atoms with van der Waals surface area (Å²) in [5.41, 5.74) is 3.16. The molecule has 0 aliphatic heterocycles. The van der Waals surface area contributed by atoms with E-state index in [-0.39, 0.29) is 0 Å². The van der Waals surface area contributed by atoms with Crippen LogP contribution in [0.5, 0.6) is 0 Å². The predicted octanol–water partition coefficient (Wildman–Crippen LogP) is 1.42. The second-order valence-electron chi connectivity index (χ2n) is 2.38. The van der Waals surface area contributed by atoms with Crippen molar-refractivity contribution in [2.75, 3.05) is 0 Å². The summed E-state index contributed by atoms with van der Waals surface area (Å²) < 4.78 is 0. The summed E-state index contributed by atoms with van der Waals surface area (Å²) >= 11 is 0. The molecule has 10 heavy (non-hydrogen) atoms. The number of hydrogen-bond acceptors (Lipinski definition) is 2. The molecule has 0 saturated carbocycles. The Bertz CT molecular complexity index is 291. The highest BCUT2D eigenvalue weighted by molar-refractivity contribution is 6.09. The first-order chi connectivity index (χ1) is 4.92.